The summed E-state index contributed by atoms with van der Waals surface area (Å²) in [5.74, 6) is 0.943. The molecule has 1 N–H and O–H groups in total. The summed E-state index contributed by atoms with van der Waals surface area (Å²) < 4.78 is 5.31. The molecule has 2 nitrogen and oxygen atoms in total. The molecule has 0 spiro atoms. The average molecular weight is 275 g/mol. The Morgan fingerprint density at radius 1 is 1.25 bits per heavy atom. The van der Waals surface area contributed by atoms with E-state index in [0.29, 0.717) is 17.5 Å². The highest BCUT2D eigenvalue weighted by atomic mass is 16.5. The standard InChI is InChI=1S/C18H29NO/c1-14(15-7-5-9-17(13-15)20-4)19-16-8-6-11-18(2,3)12-10-16/h5,7,9,13-14,16,19H,6,8,10-12H2,1-4H3. The van der Waals surface area contributed by atoms with Gasteiger partial charge in [-0.1, -0.05) is 32.4 Å². The van der Waals surface area contributed by atoms with Crippen molar-refractivity contribution >= 4 is 0 Å². The van der Waals surface area contributed by atoms with E-state index in [0.717, 1.165) is 5.75 Å². The van der Waals surface area contributed by atoms with Crippen molar-refractivity contribution in [3.63, 3.8) is 0 Å². The molecule has 112 valence electrons. The van der Waals surface area contributed by atoms with Gasteiger partial charge < -0.3 is 10.1 Å². The summed E-state index contributed by atoms with van der Waals surface area (Å²) in [6.07, 6.45) is 6.63. The lowest BCUT2D eigenvalue weighted by atomic mass is 9.85. The number of ether oxygens (including phenoxy) is 1. The van der Waals surface area contributed by atoms with Gasteiger partial charge in [0.15, 0.2) is 0 Å². The highest BCUT2D eigenvalue weighted by Gasteiger charge is 2.25. The number of nitrogens with one attached hydrogen (secondary N) is 1. The van der Waals surface area contributed by atoms with Gasteiger partial charge in [-0.05, 0) is 55.7 Å². The van der Waals surface area contributed by atoms with Gasteiger partial charge in [0, 0.05) is 12.1 Å². The Morgan fingerprint density at radius 2 is 2.05 bits per heavy atom. The maximum atomic E-state index is 5.31. The van der Waals surface area contributed by atoms with Gasteiger partial charge in [0.05, 0.1) is 7.11 Å². The van der Waals surface area contributed by atoms with E-state index in [4.69, 9.17) is 4.74 Å². The molecule has 2 unspecified atom stereocenters. The smallest absolute Gasteiger partial charge is 0.119 e. The van der Waals surface area contributed by atoms with Crippen molar-refractivity contribution in [2.24, 2.45) is 5.41 Å². The third-order valence-electron chi connectivity index (χ3n) is 4.66. The molecule has 1 aliphatic carbocycles. The van der Waals surface area contributed by atoms with E-state index in [-0.39, 0.29) is 0 Å². The van der Waals surface area contributed by atoms with Crippen molar-refractivity contribution in [3.05, 3.63) is 29.8 Å². The zero-order valence-corrected chi connectivity index (χ0v) is 13.4. The molecule has 1 fully saturated rings. The number of benzene rings is 1. The van der Waals surface area contributed by atoms with Crippen LogP contribution in [-0.2, 0) is 0 Å². The lowest BCUT2D eigenvalue weighted by molar-refractivity contribution is 0.307. The van der Waals surface area contributed by atoms with Gasteiger partial charge in [-0.2, -0.15) is 0 Å². The second-order valence-corrected chi connectivity index (χ2v) is 6.96. The third kappa shape index (κ3) is 4.24. The predicted octanol–water partition coefficient (Wildman–Crippen LogP) is 4.70. The summed E-state index contributed by atoms with van der Waals surface area (Å²) in [4.78, 5) is 0. The van der Waals surface area contributed by atoms with E-state index in [1.807, 2.05) is 6.07 Å². The monoisotopic (exact) mass is 275 g/mol. The van der Waals surface area contributed by atoms with Crippen molar-refractivity contribution in [2.75, 3.05) is 7.11 Å². The van der Waals surface area contributed by atoms with Gasteiger partial charge in [-0.3, -0.25) is 0 Å². The fourth-order valence-corrected chi connectivity index (χ4v) is 3.19. The summed E-state index contributed by atoms with van der Waals surface area (Å²) >= 11 is 0. The molecule has 2 heteroatoms. The third-order valence-corrected chi connectivity index (χ3v) is 4.66. The SMILES string of the molecule is COc1cccc(C(C)NC2CCCC(C)(C)CC2)c1. The van der Waals surface area contributed by atoms with Gasteiger partial charge in [0.25, 0.3) is 0 Å². The zero-order valence-electron chi connectivity index (χ0n) is 13.4. The normalized spacial score (nSPS) is 23.9. The molecule has 0 aromatic heterocycles. The van der Waals surface area contributed by atoms with Crippen molar-refractivity contribution in [2.45, 2.75) is 65.0 Å². The molecule has 0 aliphatic heterocycles. The van der Waals surface area contributed by atoms with Gasteiger partial charge in [0.1, 0.15) is 5.75 Å². The zero-order chi connectivity index (χ0) is 14.6. The number of hydrogen-bond donors (Lipinski definition) is 1. The maximum absolute atomic E-state index is 5.31. The molecule has 1 aromatic rings. The Labute approximate surface area is 123 Å². The van der Waals surface area contributed by atoms with Gasteiger partial charge >= 0.3 is 0 Å². The van der Waals surface area contributed by atoms with Crippen LogP contribution in [0.1, 0.15) is 64.5 Å². The summed E-state index contributed by atoms with van der Waals surface area (Å²) in [6.45, 7) is 7.06. The topological polar surface area (TPSA) is 21.3 Å². The first kappa shape index (κ1) is 15.4. The lowest BCUT2D eigenvalue weighted by Gasteiger charge is -2.24. The first-order valence-corrected chi connectivity index (χ1v) is 7.90. The molecule has 20 heavy (non-hydrogen) atoms. The molecule has 0 heterocycles. The number of hydrogen-bond acceptors (Lipinski definition) is 2. The highest BCUT2D eigenvalue weighted by Crippen LogP contribution is 2.34. The van der Waals surface area contributed by atoms with E-state index in [2.05, 4.69) is 44.3 Å². The minimum Gasteiger partial charge on any atom is -0.497 e. The van der Waals surface area contributed by atoms with Crippen LogP contribution in [0.25, 0.3) is 0 Å². The first-order valence-electron chi connectivity index (χ1n) is 7.90. The summed E-state index contributed by atoms with van der Waals surface area (Å²) in [5.41, 5.74) is 1.84. The minimum absolute atomic E-state index is 0.385. The molecular formula is C18H29NO. The van der Waals surface area contributed by atoms with Gasteiger partial charge in [-0.15, -0.1) is 0 Å². The average Bonchev–Trinajstić information content (AvgIpc) is 2.60. The Hall–Kier alpha value is -1.02. The van der Waals surface area contributed by atoms with Crippen molar-refractivity contribution in [1.29, 1.82) is 0 Å². The quantitative estimate of drug-likeness (QED) is 0.804. The summed E-state index contributed by atoms with van der Waals surface area (Å²) in [5, 5.41) is 3.81. The van der Waals surface area contributed by atoms with Crippen LogP contribution in [-0.4, -0.2) is 13.2 Å². The van der Waals surface area contributed by atoms with Crippen molar-refractivity contribution in [1.82, 2.24) is 5.32 Å². The molecule has 0 saturated heterocycles. The van der Waals surface area contributed by atoms with Crippen LogP contribution in [0.5, 0.6) is 5.75 Å². The highest BCUT2D eigenvalue weighted by molar-refractivity contribution is 5.30. The van der Waals surface area contributed by atoms with Crippen LogP contribution in [0, 0.1) is 5.41 Å². The van der Waals surface area contributed by atoms with Crippen LogP contribution in [0.4, 0.5) is 0 Å². The molecule has 1 aliphatic rings. The molecule has 2 atom stereocenters. The fraction of sp³-hybridized carbons (Fsp3) is 0.667. The molecule has 0 bridgehead atoms. The molecule has 1 saturated carbocycles. The van der Waals surface area contributed by atoms with Gasteiger partial charge in [-0.25, -0.2) is 0 Å². The second-order valence-electron chi connectivity index (χ2n) is 6.96. The number of rotatable bonds is 4. The van der Waals surface area contributed by atoms with Gasteiger partial charge in [0.2, 0.25) is 0 Å². The predicted molar refractivity (Wildman–Crippen MR) is 85.2 cm³/mol. The Kier molecular flexibility index (Phi) is 5.09. The fourth-order valence-electron chi connectivity index (χ4n) is 3.19. The van der Waals surface area contributed by atoms with E-state index in [1.54, 1.807) is 7.11 Å². The van der Waals surface area contributed by atoms with Crippen LogP contribution in [0.2, 0.25) is 0 Å². The van der Waals surface area contributed by atoms with E-state index in [9.17, 15) is 0 Å². The Balaban J connectivity index is 1.95. The molecule has 1 aromatic carbocycles. The first-order chi connectivity index (χ1) is 9.50. The summed E-state index contributed by atoms with van der Waals surface area (Å²) in [6, 6.07) is 9.43. The van der Waals surface area contributed by atoms with E-state index < -0.39 is 0 Å². The van der Waals surface area contributed by atoms with E-state index >= 15 is 0 Å². The second kappa shape index (κ2) is 6.62. The van der Waals surface area contributed by atoms with Crippen LogP contribution >= 0.6 is 0 Å². The van der Waals surface area contributed by atoms with Crippen LogP contribution < -0.4 is 10.1 Å². The van der Waals surface area contributed by atoms with Crippen LogP contribution in [0.15, 0.2) is 24.3 Å². The van der Waals surface area contributed by atoms with Crippen molar-refractivity contribution in [3.8, 4) is 5.75 Å². The lowest BCUT2D eigenvalue weighted by Crippen LogP contribution is -2.31. The van der Waals surface area contributed by atoms with Crippen LogP contribution in [0.3, 0.4) is 0 Å². The number of methoxy groups -OCH3 is 1. The van der Waals surface area contributed by atoms with Crippen molar-refractivity contribution < 1.29 is 4.74 Å². The maximum Gasteiger partial charge on any atom is 0.119 e. The molecule has 0 radical (unpaired) electrons. The molecule has 0 amide bonds. The molecule has 2 rings (SSSR count). The Morgan fingerprint density at radius 3 is 2.80 bits per heavy atom. The largest absolute Gasteiger partial charge is 0.497 e. The molecular weight excluding hydrogens is 246 g/mol. The minimum atomic E-state index is 0.385. The summed E-state index contributed by atoms with van der Waals surface area (Å²) in [7, 11) is 1.73. The Bertz CT molecular complexity index is 427. The van der Waals surface area contributed by atoms with E-state index in [1.165, 1.54) is 37.7 Å².